The molecule has 3 nitrogen and oxygen atoms in total. The topological polar surface area (TPSA) is 38.5 Å². The number of hydrogen-bond acceptors (Lipinski definition) is 3. The van der Waals surface area contributed by atoms with E-state index in [1.807, 2.05) is 18.2 Å². The number of nitrogens with zero attached hydrogens (tertiary/aromatic N) is 1. The van der Waals surface area contributed by atoms with Gasteiger partial charge >= 0.3 is 0 Å². The summed E-state index contributed by atoms with van der Waals surface area (Å²) in [6, 6.07) is 8.09. The maximum Gasteiger partial charge on any atom is 0.0594 e. The minimum absolute atomic E-state index is 0.00605. The Hall–Kier alpha value is -0.610. The number of hydrogen-bond donors (Lipinski definition) is 1. The number of halogens is 1. The van der Waals surface area contributed by atoms with Crippen LogP contribution in [0.4, 0.5) is 0 Å². The molecule has 1 aromatic rings. The van der Waals surface area contributed by atoms with Crippen LogP contribution in [0.1, 0.15) is 25.8 Å². The van der Waals surface area contributed by atoms with Crippen molar-refractivity contribution in [2.24, 2.45) is 5.73 Å². The lowest BCUT2D eigenvalue weighted by Gasteiger charge is -2.46. The summed E-state index contributed by atoms with van der Waals surface area (Å²) in [5, 5.41) is 0.777. The zero-order valence-electron chi connectivity index (χ0n) is 12.4. The fourth-order valence-corrected chi connectivity index (χ4v) is 3.15. The molecule has 4 heteroatoms. The Morgan fingerprint density at radius 1 is 1.40 bits per heavy atom. The zero-order valence-corrected chi connectivity index (χ0v) is 13.2. The molecule has 2 N–H and O–H groups in total. The van der Waals surface area contributed by atoms with Crippen LogP contribution >= 0.6 is 11.6 Å². The molecule has 1 aliphatic rings. The van der Waals surface area contributed by atoms with Gasteiger partial charge in [-0.2, -0.15) is 0 Å². The summed E-state index contributed by atoms with van der Waals surface area (Å²) in [6.07, 6.45) is 1.89. The van der Waals surface area contributed by atoms with E-state index in [9.17, 15) is 0 Å². The summed E-state index contributed by atoms with van der Waals surface area (Å²) >= 11 is 6.06. The monoisotopic (exact) mass is 296 g/mol. The van der Waals surface area contributed by atoms with Gasteiger partial charge < -0.3 is 10.5 Å². The molecule has 0 aromatic heterocycles. The molecule has 1 fully saturated rings. The van der Waals surface area contributed by atoms with Crippen molar-refractivity contribution >= 4 is 11.6 Å². The second-order valence-electron chi connectivity index (χ2n) is 5.75. The minimum atomic E-state index is 0.00605. The first-order chi connectivity index (χ1) is 9.56. The number of rotatable bonds is 5. The van der Waals surface area contributed by atoms with E-state index in [1.54, 1.807) is 0 Å². The van der Waals surface area contributed by atoms with E-state index in [2.05, 4.69) is 24.8 Å². The Labute approximate surface area is 127 Å². The maximum atomic E-state index is 6.55. The molecule has 1 aliphatic heterocycles. The molecule has 2 unspecified atom stereocenters. The predicted octanol–water partition coefficient (Wildman–Crippen LogP) is 2.71. The summed E-state index contributed by atoms with van der Waals surface area (Å²) in [5.41, 5.74) is 7.76. The van der Waals surface area contributed by atoms with Crippen LogP contribution in [-0.4, -0.2) is 42.8 Å². The molecule has 2 rings (SSSR count). The Morgan fingerprint density at radius 2 is 2.10 bits per heavy atom. The SMILES string of the molecule is CCC(C)(C(N)Cc1cccc(Cl)c1)N1CCOCC1. The molecule has 0 aliphatic carbocycles. The van der Waals surface area contributed by atoms with Crippen LogP contribution in [0, 0.1) is 0 Å². The van der Waals surface area contributed by atoms with Gasteiger partial charge in [-0.1, -0.05) is 30.7 Å². The largest absolute Gasteiger partial charge is 0.379 e. The lowest BCUT2D eigenvalue weighted by Crippen LogP contribution is -2.61. The first-order valence-corrected chi connectivity index (χ1v) is 7.77. The van der Waals surface area contributed by atoms with Gasteiger partial charge in [-0.05, 0) is 37.5 Å². The summed E-state index contributed by atoms with van der Waals surface area (Å²) < 4.78 is 5.45. The van der Waals surface area contributed by atoms with Crippen LogP contribution in [-0.2, 0) is 11.2 Å². The molecule has 20 heavy (non-hydrogen) atoms. The van der Waals surface area contributed by atoms with E-state index < -0.39 is 0 Å². The lowest BCUT2D eigenvalue weighted by molar-refractivity contribution is -0.0272. The molecule has 0 bridgehead atoms. The highest BCUT2D eigenvalue weighted by molar-refractivity contribution is 6.30. The average molecular weight is 297 g/mol. The van der Waals surface area contributed by atoms with Gasteiger partial charge in [0.25, 0.3) is 0 Å². The van der Waals surface area contributed by atoms with E-state index in [0.29, 0.717) is 0 Å². The van der Waals surface area contributed by atoms with Gasteiger partial charge in [-0.15, -0.1) is 0 Å². The molecule has 1 heterocycles. The van der Waals surface area contributed by atoms with Crippen molar-refractivity contribution in [3.05, 3.63) is 34.9 Å². The van der Waals surface area contributed by atoms with Crippen LogP contribution in [0.25, 0.3) is 0 Å². The normalized spacial score (nSPS) is 21.4. The third kappa shape index (κ3) is 3.53. The summed E-state index contributed by atoms with van der Waals surface area (Å²) in [4.78, 5) is 2.48. The van der Waals surface area contributed by atoms with Gasteiger partial charge in [-0.25, -0.2) is 0 Å². The molecule has 1 saturated heterocycles. The predicted molar refractivity (Wildman–Crippen MR) is 84.2 cm³/mol. The Bertz CT molecular complexity index is 434. The summed E-state index contributed by atoms with van der Waals surface area (Å²) in [5.74, 6) is 0. The third-order valence-corrected chi connectivity index (χ3v) is 4.83. The second-order valence-corrected chi connectivity index (χ2v) is 6.19. The Balaban J connectivity index is 2.09. The summed E-state index contributed by atoms with van der Waals surface area (Å²) in [7, 11) is 0. The number of ether oxygens (including phenoxy) is 1. The highest BCUT2D eigenvalue weighted by Gasteiger charge is 2.36. The van der Waals surface area contributed by atoms with Crippen molar-refractivity contribution in [3.8, 4) is 0 Å². The van der Waals surface area contributed by atoms with Gasteiger partial charge in [0.1, 0.15) is 0 Å². The Kier molecular flexibility index (Phi) is 5.44. The Morgan fingerprint density at radius 3 is 2.70 bits per heavy atom. The second kappa shape index (κ2) is 6.90. The number of benzene rings is 1. The van der Waals surface area contributed by atoms with Crippen LogP contribution in [0.15, 0.2) is 24.3 Å². The fourth-order valence-electron chi connectivity index (χ4n) is 2.93. The van der Waals surface area contributed by atoms with E-state index in [-0.39, 0.29) is 11.6 Å². The summed E-state index contributed by atoms with van der Waals surface area (Å²) in [6.45, 7) is 8.03. The molecule has 0 amide bonds. The van der Waals surface area contributed by atoms with Crippen molar-refractivity contribution in [1.29, 1.82) is 0 Å². The highest BCUT2D eigenvalue weighted by Crippen LogP contribution is 2.26. The molecular weight excluding hydrogens is 272 g/mol. The van der Waals surface area contributed by atoms with Crippen LogP contribution in [0.2, 0.25) is 5.02 Å². The maximum absolute atomic E-state index is 6.55. The van der Waals surface area contributed by atoms with E-state index in [4.69, 9.17) is 22.1 Å². The van der Waals surface area contributed by atoms with Crippen molar-refractivity contribution in [1.82, 2.24) is 4.90 Å². The molecule has 0 radical (unpaired) electrons. The van der Waals surface area contributed by atoms with Crippen molar-refractivity contribution in [2.45, 2.75) is 38.3 Å². The van der Waals surface area contributed by atoms with Crippen molar-refractivity contribution in [3.63, 3.8) is 0 Å². The van der Waals surface area contributed by atoms with Gasteiger partial charge in [0.2, 0.25) is 0 Å². The molecule has 0 saturated carbocycles. The van der Waals surface area contributed by atoms with Gasteiger partial charge in [0.05, 0.1) is 13.2 Å². The third-order valence-electron chi connectivity index (χ3n) is 4.59. The van der Waals surface area contributed by atoms with E-state index in [0.717, 1.165) is 44.2 Å². The van der Waals surface area contributed by atoms with E-state index in [1.165, 1.54) is 5.56 Å². The van der Waals surface area contributed by atoms with Gasteiger partial charge in [0.15, 0.2) is 0 Å². The standard InChI is InChI=1S/C16H25ClN2O/c1-3-16(2,19-7-9-20-10-8-19)15(18)12-13-5-4-6-14(17)11-13/h4-6,11,15H,3,7-10,12,18H2,1-2H3. The van der Waals surface area contributed by atoms with Crippen molar-refractivity contribution < 1.29 is 4.74 Å². The lowest BCUT2D eigenvalue weighted by atomic mass is 9.84. The van der Waals surface area contributed by atoms with Crippen LogP contribution in [0.5, 0.6) is 0 Å². The first-order valence-electron chi connectivity index (χ1n) is 7.39. The molecular formula is C16H25ClN2O. The van der Waals surface area contributed by atoms with Crippen LogP contribution < -0.4 is 5.73 Å². The molecule has 2 atom stereocenters. The number of morpholine rings is 1. The molecule has 0 spiro atoms. The zero-order chi connectivity index (χ0) is 14.6. The first kappa shape index (κ1) is 15.8. The minimum Gasteiger partial charge on any atom is -0.379 e. The molecule has 112 valence electrons. The highest BCUT2D eigenvalue weighted by atomic mass is 35.5. The fraction of sp³-hybridized carbons (Fsp3) is 0.625. The quantitative estimate of drug-likeness (QED) is 0.908. The number of nitrogens with two attached hydrogens (primary N) is 1. The van der Waals surface area contributed by atoms with Gasteiger partial charge in [-0.3, -0.25) is 4.90 Å². The van der Waals surface area contributed by atoms with Crippen LogP contribution in [0.3, 0.4) is 0 Å². The smallest absolute Gasteiger partial charge is 0.0594 e. The van der Waals surface area contributed by atoms with Gasteiger partial charge in [0, 0.05) is 29.7 Å². The van der Waals surface area contributed by atoms with Crippen molar-refractivity contribution in [2.75, 3.05) is 26.3 Å². The molecule has 1 aromatic carbocycles. The van der Waals surface area contributed by atoms with E-state index >= 15 is 0 Å². The average Bonchev–Trinajstić information content (AvgIpc) is 2.47.